The third-order valence-electron chi connectivity index (χ3n) is 11.7. The average molecular weight is 869 g/mol. The highest BCUT2D eigenvalue weighted by Gasteiger charge is 2.68. The quantitative estimate of drug-likeness (QED) is 0.124. The van der Waals surface area contributed by atoms with Crippen LogP contribution in [-0.2, 0) is 31.0 Å². The number of imide groups is 2. The zero-order valence-corrected chi connectivity index (χ0v) is 32.8. The number of aryl methyl sites for hydroxylation is 2. The number of phenols is 1. The number of carboxylic acid groups (broad SMARTS) is 1. The molecule has 2 aliphatic heterocycles. The third kappa shape index (κ3) is 5.18. The van der Waals surface area contributed by atoms with Crippen LogP contribution < -0.4 is 9.64 Å². The first kappa shape index (κ1) is 35.7. The smallest absolute Gasteiger partial charge is 0.305 e. The molecule has 2 saturated heterocycles. The van der Waals surface area contributed by atoms with E-state index in [1.807, 2.05) is 53.8 Å². The lowest BCUT2D eigenvalue weighted by molar-refractivity contribution is -0.142. The first-order valence-corrected chi connectivity index (χ1v) is 19.4. The highest BCUT2D eigenvalue weighted by atomic mass is 127. The summed E-state index contributed by atoms with van der Waals surface area (Å²) in [6, 6.07) is 10.9. The molecule has 4 amide bonds. The lowest BCUT2D eigenvalue weighted by Crippen LogP contribution is -2.49. The van der Waals surface area contributed by atoms with Crippen molar-refractivity contribution in [3.63, 3.8) is 0 Å². The number of methoxy groups -OCH3 is 1. The number of aromatic nitrogens is 2. The number of nitrogens with zero attached hydrogens (tertiary/aromatic N) is 4. The largest absolute Gasteiger partial charge is 0.504 e. The van der Waals surface area contributed by atoms with Gasteiger partial charge in [0, 0.05) is 35.3 Å². The number of hydrogen-bond donors (Lipinski definition) is 2. The van der Waals surface area contributed by atoms with Crippen molar-refractivity contribution < 1.29 is 38.9 Å². The Labute approximate surface area is 326 Å². The fourth-order valence-corrected chi connectivity index (χ4v) is 11.2. The Hall–Kier alpha value is -4.28. The molecule has 274 valence electrons. The first-order valence-electron chi connectivity index (χ1n) is 17.1. The number of carboxylic acids is 1. The van der Waals surface area contributed by atoms with Gasteiger partial charge in [-0.05, 0) is 102 Å². The van der Waals surface area contributed by atoms with Crippen LogP contribution in [-0.4, -0.2) is 68.1 Å². The fraction of sp³-hybridized carbons (Fsp3) is 0.368. The zero-order valence-electron chi connectivity index (χ0n) is 29.1. The summed E-state index contributed by atoms with van der Waals surface area (Å²) in [4.78, 5) is 72.0. The topological polar surface area (TPSA) is 159 Å². The Balaban J connectivity index is 1.25. The maximum atomic E-state index is 15.1. The van der Waals surface area contributed by atoms with Crippen LogP contribution in [0.25, 0.3) is 20.7 Å². The van der Waals surface area contributed by atoms with Gasteiger partial charge in [-0.25, -0.2) is 4.90 Å². The molecule has 2 aliphatic carbocycles. The summed E-state index contributed by atoms with van der Waals surface area (Å²) >= 11 is 9.84. The van der Waals surface area contributed by atoms with E-state index >= 15 is 4.79 Å². The first-order chi connectivity index (χ1) is 25.2. The molecule has 8 rings (SSSR count). The second-order valence-corrected chi connectivity index (χ2v) is 17.0. The number of anilines is 1. The number of aliphatic carboxylic acids is 1. The number of thiophene rings is 1. The average Bonchev–Trinajstić information content (AvgIpc) is 3.78. The summed E-state index contributed by atoms with van der Waals surface area (Å²) in [5, 5.41) is 26.5. The third-order valence-corrected chi connectivity index (χ3v) is 14.1. The van der Waals surface area contributed by atoms with Crippen LogP contribution in [0.5, 0.6) is 11.5 Å². The molecule has 4 aromatic rings. The summed E-state index contributed by atoms with van der Waals surface area (Å²) in [5.41, 5.74) is 1.64. The van der Waals surface area contributed by atoms with Crippen molar-refractivity contribution in [3.8, 4) is 22.1 Å². The summed E-state index contributed by atoms with van der Waals surface area (Å²) in [7, 11) is 3.12. The highest BCUT2D eigenvalue weighted by molar-refractivity contribution is 14.1. The van der Waals surface area contributed by atoms with E-state index in [1.54, 1.807) is 43.5 Å². The van der Waals surface area contributed by atoms with Gasteiger partial charge in [0.1, 0.15) is 11.5 Å². The summed E-state index contributed by atoms with van der Waals surface area (Å²) in [6.07, 6.45) is 1.92. The van der Waals surface area contributed by atoms with E-state index in [2.05, 4.69) is 0 Å². The van der Waals surface area contributed by atoms with Gasteiger partial charge in [0.25, 0.3) is 0 Å². The Bertz CT molecular complexity index is 2350. The molecule has 6 atom stereocenters. The van der Waals surface area contributed by atoms with Gasteiger partial charge < -0.3 is 14.9 Å². The number of amides is 4. The normalized spacial score (nSPS) is 26.6. The molecule has 3 fully saturated rings. The predicted molar refractivity (Wildman–Crippen MR) is 205 cm³/mol. The molecule has 0 spiro atoms. The molecule has 0 radical (unpaired) electrons. The number of carbonyl (C=O) groups is 5. The fourth-order valence-electron chi connectivity index (χ4n) is 9.24. The molecule has 4 heterocycles. The van der Waals surface area contributed by atoms with Gasteiger partial charge in [0.2, 0.25) is 23.6 Å². The van der Waals surface area contributed by atoms with Crippen molar-refractivity contribution >= 4 is 91.0 Å². The Morgan fingerprint density at radius 3 is 2.58 bits per heavy atom. The van der Waals surface area contributed by atoms with Crippen LogP contribution in [0.4, 0.5) is 5.82 Å². The van der Waals surface area contributed by atoms with E-state index < -0.39 is 64.6 Å². The van der Waals surface area contributed by atoms with Gasteiger partial charge in [-0.1, -0.05) is 23.3 Å². The zero-order chi connectivity index (χ0) is 37.8. The van der Waals surface area contributed by atoms with E-state index in [0.29, 0.717) is 25.7 Å². The number of carbonyl (C=O) groups excluding carboxylic acids is 4. The number of phenolic OH excluding ortho intramolecular Hbond substituents is 1. The van der Waals surface area contributed by atoms with Gasteiger partial charge in [-0.15, -0.1) is 11.3 Å². The Morgan fingerprint density at radius 1 is 1.11 bits per heavy atom. The number of allylic oxidation sites excluding steroid dienone is 2. The maximum absolute atomic E-state index is 15.1. The van der Waals surface area contributed by atoms with Crippen molar-refractivity contribution in [1.82, 2.24) is 14.7 Å². The summed E-state index contributed by atoms with van der Waals surface area (Å²) in [6.45, 7) is 3.54. The van der Waals surface area contributed by atoms with Gasteiger partial charge >= 0.3 is 5.97 Å². The highest BCUT2D eigenvalue weighted by Crippen LogP contribution is 2.64. The Morgan fingerprint density at radius 2 is 1.87 bits per heavy atom. The minimum atomic E-state index is -1.33. The number of aromatic hydroxyl groups is 1. The van der Waals surface area contributed by atoms with Crippen LogP contribution in [0.3, 0.4) is 0 Å². The van der Waals surface area contributed by atoms with Crippen molar-refractivity contribution in [2.24, 2.45) is 36.1 Å². The summed E-state index contributed by atoms with van der Waals surface area (Å²) < 4.78 is 8.56. The molecule has 2 aromatic heterocycles. The van der Waals surface area contributed by atoms with Gasteiger partial charge in [-0.2, -0.15) is 5.10 Å². The molecule has 4 aliphatic rings. The van der Waals surface area contributed by atoms with E-state index in [-0.39, 0.29) is 37.3 Å². The minimum Gasteiger partial charge on any atom is -0.504 e. The molecular weight excluding hydrogens is 835 g/mol. The molecule has 53 heavy (non-hydrogen) atoms. The number of likely N-dealkylation sites (tertiary alicyclic amines) is 1. The monoisotopic (exact) mass is 868 g/mol. The van der Waals surface area contributed by atoms with E-state index in [0.717, 1.165) is 31.0 Å². The molecule has 0 unspecified atom stereocenters. The molecule has 2 N–H and O–H groups in total. The van der Waals surface area contributed by atoms with Gasteiger partial charge in [0.05, 0.1) is 45.1 Å². The number of fused-ring (bicyclic) bond motifs is 5. The van der Waals surface area contributed by atoms with Crippen molar-refractivity contribution in [2.75, 3.05) is 18.6 Å². The van der Waals surface area contributed by atoms with Crippen molar-refractivity contribution in [3.05, 3.63) is 67.8 Å². The van der Waals surface area contributed by atoms with Crippen molar-refractivity contribution in [1.29, 1.82) is 0 Å². The molecule has 0 bridgehead atoms. The number of benzene rings is 2. The number of halogens is 2. The van der Waals surface area contributed by atoms with Crippen LogP contribution in [0.15, 0.2) is 48.0 Å². The number of rotatable bonds is 7. The molecule has 15 heteroatoms. The predicted octanol–water partition coefficient (Wildman–Crippen LogP) is 6.29. The lowest BCUT2D eigenvalue weighted by atomic mass is 9.51. The maximum Gasteiger partial charge on any atom is 0.305 e. The van der Waals surface area contributed by atoms with E-state index in [9.17, 15) is 29.4 Å². The SMILES string of the molecule is COc1cc([C@H]2C3=CC[C@@H]4C(=O)N(CCC(=O)O)C(=O)[C@@H]4[C@@H]3C[C@H]3C(=O)N(c4cc(-c5sc6ccc(Cl)cc6c5C)nn4C)C(=O)[C@@]23C)cc(I)c1O. The van der Waals surface area contributed by atoms with Crippen LogP contribution in [0.1, 0.15) is 43.2 Å². The molecular formula is C38H34ClIN4O8S. The van der Waals surface area contributed by atoms with Crippen molar-refractivity contribution in [2.45, 2.75) is 39.0 Å². The van der Waals surface area contributed by atoms with Gasteiger partial charge in [0.15, 0.2) is 11.5 Å². The van der Waals surface area contributed by atoms with E-state index in [1.165, 1.54) is 16.7 Å². The second kappa shape index (κ2) is 12.7. The van der Waals surface area contributed by atoms with Crippen LogP contribution in [0.2, 0.25) is 5.02 Å². The standard InChI is InChI=1S/C38H34ClIN4O8S/c1-16-21-13-18(39)5-8-27(21)53-33(16)25-15-28(42(3)41-25)44-35(49)23-14-22-19(6-7-20-30(22)36(50)43(34(20)48)10-9-29(45)46)31(38(23,2)37(44)51)17-11-24(40)32(47)26(12-17)52-4/h5-6,8,11-13,15,20,22-23,30-31,47H,7,9-10,14H2,1-4H3,(H,45,46)/t20-,22+,23-,30-,31-,38+/m0/s1. The summed E-state index contributed by atoms with van der Waals surface area (Å²) in [5.74, 6) is -6.12. The number of ether oxygens (including phenoxy) is 1. The van der Waals surface area contributed by atoms with Crippen LogP contribution >= 0.6 is 45.5 Å². The minimum absolute atomic E-state index is 0.0640. The number of hydrogen-bond acceptors (Lipinski definition) is 9. The van der Waals surface area contributed by atoms with Crippen LogP contribution in [0, 0.1) is 39.6 Å². The lowest BCUT2D eigenvalue weighted by Gasteiger charge is -2.49. The van der Waals surface area contributed by atoms with E-state index in [4.69, 9.17) is 21.4 Å². The Kier molecular flexibility index (Phi) is 8.53. The molecule has 1 saturated carbocycles. The second-order valence-electron chi connectivity index (χ2n) is 14.4. The molecule has 12 nitrogen and oxygen atoms in total. The molecule has 2 aromatic carbocycles. The van der Waals surface area contributed by atoms with Gasteiger partial charge in [-0.3, -0.25) is 33.6 Å².